The first-order valence-electron chi connectivity index (χ1n) is 4.72. The van der Waals surface area contributed by atoms with E-state index < -0.39 is 6.04 Å². The lowest BCUT2D eigenvalue weighted by Crippen LogP contribution is -2.40. The molecule has 3 nitrogen and oxygen atoms in total. The number of nitrogens with two attached hydrogens (primary N) is 1. The summed E-state index contributed by atoms with van der Waals surface area (Å²) in [5, 5.41) is 4.89. The Morgan fingerprint density at radius 1 is 1.71 bits per heavy atom. The maximum absolute atomic E-state index is 11.7. The third-order valence-corrected chi connectivity index (χ3v) is 3.51. The van der Waals surface area contributed by atoms with Crippen LogP contribution in [0, 0.1) is 0 Å². The summed E-state index contributed by atoms with van der Waals surface area (Å²) in [7, 11) is 0. The number of nitrogens with one attached hydrogen (secondary N) is 1. The molecule has 14 heavy (non-hydrogen) atoms. The predicted octanol–water partition coefficient (Wildman–Crippen LogP) is 1.42. The highest BCUT2D eigenvalue weighted by atomic mass is 32.1. The lowest BCUT2D eigenvalue weighted by molar-refractivity contribution is -0.123. The van der Waals surface area contributed by atoms with E-state index in [1.807, 2.05) is 24.4 Å². The van der Waals surface area contributed by atoms with Crippen LogP contribution in [-0.4, -0.2) is 11.4 Å². The van der Waals surface area contributed by atoms with Gasteiger partial charge in [0.05, 0.1) is 0 Å². The summed E-state index contributed by atoms with van der Waals surface area (Å²) in [5.41, 5.74) is 5.84. The van der Waals surface area contributed by atoms with Crippen molar-refractivity contribution in [1.29, 1.82) is 0 Å². The Morgan fingerprint density at radius 3 is 2.93 bits per heavy atom. The van der Waals surface area contributed by atoms with E-state index in [1.165, 1.54) is 11.3 Å². The highest BCUT2D eigenvalue weighted by Crippen LogP contribution is 2.34. The third-order valence-electron chi connectivity index (χ3n) is 2.56. The second-order valence-corrected chi connectivity index (χ2v) is 5.02. The molecular formula is C10H14N2OS. The molecule has 0 radical (unpaired) electrons. The summed E-state index contributed by atoms with van der Waals surface area (Å²) in [6.45, 7) is 2.05. The number of rotatable bonds is 3. The second kappa shape index (κ2) is 3.37. The van der Waals surface area contributed by atoms with E-state index in [0.29, 0.717) is 0 Å². The normalized spacial score (nSPS) is 20.1. The van der Waals surface area contributed by atoms with Crippen molar-refractivity contribution in [3.63, 3.8) is 0 Å². The maximum Gasteiger partial charge on any atom is 0.242 e. The zero-order valence-corrected chi connectivity index (χ0v) is 8.93. The summed E-state index contributed by atoms with van der Waals surface area (Å²) in [5.74, 6) is -0.0625. The Labute approximate surface area is 87.3 Å². The molecule has 1 atom stereocenters. The van der Waals surface area contributed by atoms with Crippen molar-refractivity contribution in [1.82, 2.24) is 5.32 Å². The number of carbonyl (C=O) groups is 1. The monoisotopic (exact) mass is 210 g/mol. The molecule has 1 amide bonds. The van der Waals surface area contributed by atoms with Gasteiger partial charge in [0.1, 0.15) is 6.04 Å². The average molecular weight is 210 g/mol. The van der Waals surface area contributed by atoms with Crippen molar-refractivity contribution < 1.29 is 4.79 Å². The molecule has 1 aromatic heterocycles. The minimum atomic E-state index is -0.507. The van der Waals surface area contributed by atoms with Gasteiger partial charge in [-0.15, -0.1) is 11.3 Å². The number of thiophene rings is 1. The SMILES string of the molecule is CC1(NC(=O)C(N)c2cccs2)CC1. The van der Waals surface area contributed by atoms with Gasteiger partial charge < -0.3 is 11.1 Å². The highest BCUT2D eigenvalue weighted by Gasteiger charge is 2.39. The molecule has 0 saturated heterocycles. The van der Waals surface area contributed by atoms with Crippen molar-refractivity contribution in [2.75, 3.05) is 0 Å². The molecule has 0 bridgehead atoms. The van der Waals surface area contributed by atoms with E-state index in [4.69, 9.17) is 5.73 Å². The van der Waals surface area contributed by atoms with Gasteiger partial charge in [-0.25, -0.2) is 0 Å². The van der Waals surface area contributed by atoms with Crippen LogP contribution in [0.3, 0.4) is 0 Å². The van der Waals surface area contributed by atoms with Gasteiger partial charge in [-0.3, -0.25) is 4.79 Å². The largest absolute Gasteiger partial charge is 0.349 e. The minimum absolute atomic E-state index is 0.0198. The Kier molecular flexibility index (Phi) is 2.33. The topological polar surface area (TPSA) is 55.1 Å². The zero-order chi connectivity index (χ0) is 10.2. The third kappa shape index (κ3) is 1.96. The van der Waals surface area contributed by atoms with Crippen LogP contribution in [0.2, 0.25) is 0 Å². The first-order valence-corrected chi connectivity index (χ1v) is 5.60. The lowest BCUT2D eigenvalue weighted by Gasteiger charge is -2.15. The summed E-state index contributed by atoms with van der Waals surface area (Å²) in [4.78, 5) is 12.6. The molecule has 1 fully saturated rings. The van der Waals surface area contributed by atoms with Gasteiger partial charge >= 0.3 is 0 Å². The van der Waals surface area contributed by atoms with Crippen LogP contribution in [0.1, 0.15) is 30.7 Å². The molecule has 0 aliphatic heterocycles. The number of hydrogen-bond acceptors (Lipinski definition) is 3. The minimum Gasteiger partial charge on any atom is -0.349 e. The number of amides is 1. The van der Waals surface area contributed by atoms with Gasteiger partial charge in [0.2, 0.25) is 5.91 Å². The van der Waals surface area contributed by atoms with Crippen LogP contribution in [0.15, 0.2) is 17.5 Å². The molecule has 4 heteroatoms. The Balaban J connectivity index is 1.98. The zero-order valence-electron chi connectivity index (χ0n) is 8.12. The molecule has 1 heterocycles. The van der Waals surface area contributed by atoms with E-state index in [9.17, 15) is 4.79 Å². The van der Waals surface area contributed by atoms with E-state index in [1.54, 1.807) is 0 Å². The Morgan fingerprint density at radius 2 is 2.43 bits per heavy atom. The molecule has 1 aliphatic rings. The number of hydrogen-bond donors (Lipinski definition) is 2. The predicted molar refractivity (Wildman–Crippen MR) is 57.0 cm³/mol. The van der Waals surface area contributed by atoms with Crippen LogP contribution in [-0.2, 0) is 4.79 Å². The fourth-order valence-corrected chi connectivity index (χ4v) is 2.01. The average Bonchev–Trinajstić information content (AvgIpc) is 2.72. The smallest absolute Gasteiger partial charge is 0.242 e. The summed E-state index contributed by atoms with van der Waals surface area (Å²) in [6.07, 6.45) is 2.13. The number of carbonyl (C=O) groups excluding carboxylic acids is 1. The van der Waals surface area contributed by atoms with Crippen LogP contribution in [0.4, 0.5) is 0 Å². The molecule has 3 N–H and O–H groups in total. The van der Waals surface area contributed by atoms with Gasteiger partial charge in [0.25, 0.3) is 0 Å². The van der Waals surface area contributed by atoms with Crippen LogP contribution in [0.25, 0.3) is 0 Å². The van der Waals surface area contributed by atoms with Crippen molar-refractivity contribution in [2.45, 2.75) is 31.3 Å². The first kappa shape index (κ1) is 9.68. The van der Waals surface area contributed by atoms with Crippen LogP contribution >= 0.6 is 11.3 Å². The summed E-state index contributed by atoms with van der Waals surface area (Å²) < 4.78 is 0. The summed E-state index contributed by atoms with van der Waals surface area (Å²) >= 11 is 1.52. The molecule has 1 saturated carbocycles. The van der Waals surface area contributed by atoms with Gasteiger partial charge in [-0.05, 0) is 31.2 Å². The molecule has 76 valence electrons. The van der Waals surface area contributed by atoms with Gasteiger partial charge in [-0.2, -0.15) is 0 Å². The Hall–Kier alpha value is -0.870. The molecule has 0 spiro atoms. The molecule has 0 aromatic carbocycles. The second-order valence-electron chi connectivity index (χ2n) is 4.04. The lowest BCUT2D eigenvalue weighted by atomic mass is 10.2. The molecule has 1 aliphatic carbocycles. The Bertz CT molecular complexity index is 330. The van der Waals surface area contributed by atoms with Crippen molar-refractivity contribution in [2.24, 2.45) is 5.73 Å². The van der Waals surface area contributed by atoms with Crippen molar-refractivity contribution in [3.05, 3.63) is 22.4 Å². The highest BCUT2D eigenvalue weighted by molar-refractivity contribution is 7.10. The van der Waals surface area contributed by atoms with E-state index in [-0.39, 0.29) is 11.4 Å². The van der Waals surface area contributed by atoms with Crippen molar-refractivity contribution >= 4 is 17.2 Å². The van der Waals surface area contributed by atoms with E-state index in [0.717, 1.165) is 17.7 Å². The van der Waals surface area contributed by atoms with Crippen LogP contribution < -0.4 is 11.1 Å². The molecule has 1 aromatic rings. The van der Waals surface area contributed by atoms with E-state index in [2.05, 4.69) is 5.32 Å². The van der Waals surface area contributed by atoms with Crippen LogP contribution in [0.5, 0.6) is 0 Å². The molecule has 1 unspecified atom stereocenters. The fraction of sp³-hybridized carbons (Fsp3) is 0.500. The first-order chi connectivity index (χ1) is 6.61. The van der Waals surface area contributed by atoms with Gasteiger partial charge in [-0.1, -0.05) is 6.07 Å². The standard InChI is InChI=1S/C10H14N2OS/c1-10(4-5-10)12-9(13)8(11)7-3-2-6-14-7/h2-3,6,8H,4-5,11H2,1H3,(H,12,13). The quantitative estimate of drug-likeness (QED) is 0.792. The van der Waals surface area contributed by atoms with Gasteiger partial charge in [0.15, 0.2) is 0 Å². The molecular weight excluding hydrogens is 196 g/mol. The molecule has 2 rings (SSSR count). The van der Waals surface area contributed by atoms with Gasteiger partial charge in [0, 0.05) is 10.4 Å². The fourth-order valence-electron chi connectivity index (χ4n) is 1.29. The van der Waals surface area contributed by atoms with E-state index >= 15 is 0 Å². The maximum atomic E-state index is 11.7. The van der Waals surface area contributed by atoms with Crippen molar-refractivity contribution in [3.8, 4) is 0 Å². The summed E-state index contributed by atoms with van der Waals surface area (Å²) in [6, 6.07) is 3.29.